The highest BCUT2D eigenvalue weighted by atomic mass is 16.7. The van der Waals surface area contributed by atoms with Crippen molar-refractivity contribution in [2.75, 3.05) is 19.8 Å². The van der Waals surface area contributed by atoms with E-state index in [-0.39, 0.29) is 12.4 Å². The molecule has 0 amide bonds. The maximum Gasteiger partial charge on any atom is 0.263 e. The van der Waals surface area contributed by atoms with Crippen LogP contribution in [0.2, 0.25) is 0 Å². The summed E-state index contributed by atoms with van der Waals surface area (Å²) in [5.41, 5.74) is 0. The lowest BCUT2D eigenvalue weighted by Crippen LogP contribution is -2.59. The lowest BCUT2D eigenvalue weighted by atomic mass is 9.99. The Morgan fingerprint density at radius 1 is 0.879 bits per heavy atom. The van der Waals surface area contributed by atoms with Crippen molar-refractivity contribution in [1.82, 2.24) is 0 Å². The van der Waals surface area contributed by atoms with Gasteiger partial charge in [-0.15, -0.1) is 0 Å². The number of unbranched alkanes of at least 4 members (excludes halogenated alkanes) is 7. The number of hydrogen-bond acceptors (Lipinski definition) is 11. The van der Waals surface area contributed by atoms with Crippen LogP contribution in [-0.4, -0.2) is 99.3 Å². The summed E-state index contributed by atoms with van der Waals surface area (Å²) in [7, 11) is 0. The summed E-state index contributed by atoms with van der Waals surface area (Å²) in [4.78, 5) is 12.5. The molecule has 0 spiro atoms. The van der Waals surface area contributed by atoms with Gasteiger partial charge in [-0.2, -0.15) is 0 Å². The zero-order valence-corrected chi connectivity index (χ0v) is 19.0. The Morgan fingerprint density at radius 2 is 1.52 bits per heavy atom. The summed E-state index contributed by atoms with van der Waals surface area (Å²) in [5, 5.41) is 59.1. The minimum Gasteiger partial charge on any atom is -0.459 e. The van der Waals surface area contributed by atoms with Crippen molar-refractivity contribution >= 4 is 5.78 Å². The third kappa shape index (κ3) is 7.59. The van der Waals surface area contributed by atoms with E-state index in [2.05, 4.69) is 6.92 Å². The maximum absolute atomic E-state index is 12.5. The van der Waals surface area contributed by atoms with Gasteiger partial charge in [0.25, 0.3) is 6.29 Å². The van der Waals surface area contributed by atoms with Crippen LogP contribution < -0.4 is 0 Å². The van der Waals surface area contributed by atoms with Crippen molar-refractivity contribution < 1.29 is 54.4 Å². The normalized spacial score (nSPS) is 32.7. The molecule has 0 aliphatic carbocycles. The summed E-state index contributed by atoms with van der Waals surface area (Å²) in [5.74, 6) is -1.65. The molecule has 0 bridgehead atoms. The molecule has 1 fully saturated rings. The number of hydrogen-bond donors (Lipinski definition) is 6. The number of carbonyl (C=O) groups is 1. The first kappa shape index (κ1) is 27.9. The van der Waals surface area contributed by atoms with E-state index in [0.717, 1.165) is 19.3 Å². The van der Waals surface area contributed by atoms with Crippen molar-refractivity contribution in [3.05, 3.63) is 11.5 Å². The molecule has 192 valence electrons. The Kier molecular flexibility index (Phi) is 12.0. The van der Waals surface area contributed by atoms with Crippen LogP contribution in [0.15, 0.2) is 11.5 Å². The zero-order chi connectivity index (χ0) is 24.4. The highest BCUT2D eigenvalue weighted by molar-refractivity contribution is 5.89. The third-order valence-corrected chi connectivity index (χ3v) is 5.78. The summed E-state index contributed by atoms with van der Waals surface area (Å²) >= 11 is 0. The van der Waals surface area contributed by atoms with Gasteiger partial charge in [-0.05, 0) is 6.42 Å². The number of rotatable bonds is 14. The fourth-order valence-electron chi connectivity index (χ4n) is 3.73. The molecule has 11 nitrogen and oxygen atoms in total. The average Bonchev–Trinajstić information content (AvgIpc) is 2.82. The van der Waals surface area contributed by atoms with Gasteiger partial charge >= 0.3 is 0 Å². The molecule has 2 aliphatic heterocycles. The van der Waals surface area contributed by atoms with Crippen LogP contribution in [0.4, 0.5) is 0 Å². The van der Waals surface area contributed by atoms with Gasteiger partial charge in [-0.25, -0.2) is 0 Å². The molecule has 6 N–H and O–H groups in total. The van der Waals surface area contributed by atoms with E-state index in [0.29, 0.717) is 6.42 Å². The first-order valence-electron chi connectivity index (χ1n) is 11.7. The van der Waals surface area contributed by atoms with E-state index >= 15 is 0 Å². The molecule has 1 saturated heterocycles. The summed E-state index contributed by atoms with van der Waals surface area (Å²) in [6, 6.07) is 0. The molecule has 0 saturated carbocycles. The van der Waals surface area contributed by atoms with Gasteiger partial charge in [0.2, 0.25) is 12.1 Å². The maximum atomic E-state index is 12.5. The molecule has 33 heavy (non-hydrogen) atoms. The SMILES string of the molecule is CCCCCCCCCCO[C@@H]1OC(CO)=C(O[C@H]2OC(CO)[C@@H](O)[C@H](O)[C@@H]2O)[C@@H](O)C1=O. The molecule has 2 aliphatic rings. The standard InChI is InChI=1S/C22H38O11/c1-2-3-4-5-6-7-8-9-10-30-21-19(29)17(27)20(14(12-24)32-21)33-22-18(28)16(26)15(25)13(11-23)31-22/h13,15-18,21-28H,2-12H2,1H3/t13?,15-,16+,17+,18+,21-,22-/m1/s1. The minimum absolute atomic E-state index is 0.236. The lowest BCUT2D eigenvalue weighted by Gasteiger charge is -2.41. The van der Waals surface area contributed by atoms with Crippen molar-refractivity contribution in [2.45, 2.75) is 101 Å². The molecule has 7 atom stereocenters. The quantitative estimate of drug-likeness (QED) is 0.177. The van der Waals surface area contributed by atoms with Crippen molar-refractivity contribution in [3.63, 3.8) is 0 Å². The van der Waals surface area contributed by atoms with E-state index in [9.17, 15) is 35.4 Å². The van der Waals surface area contributed by atoms with Crippen LogP contribution in [0.1, 0.15) is 58.3 Å². The Labute approximate surface area is 193 Å². The monoisotopic (exact) mass is 478 g/mol. The van der Waals surface area contributed by atoms with E-state index in [1.165, 1.54) is 25.7 Å². The molecule has 0 aromatic heterocycles. The van der Waals surface area contributed by atoms with Crippen molar-refractivity contribution in [1.29, 1.82) is 0 Å². The van der Waals surface area contributed by atoms with Crippen LogP contribution in [0, 0.1) is 0 Å². The van der Waals surface area contributed by atoms with Gasteiger partial charge in [-0.1, -0.05) is 51.9 Å². The van der Waals surface area contributed by atoms with E-state index in [1.54, 1.807) is 0 Å². The largest absolute Gasteiger partial charge is 0.459 e. The number of aliphatic hydroxyl groups is 6. The first-order chi connectivity index (χ1) is 15.8. The van der Waals surface area contributed by atoms with Crippen molar-refractivity contribution in [2.24, 2.45) is 0 Å². The summed E-state index contributed by atoms with van der Waals surface area (Å²) in [6.07, 6.45) is -2.49. The fourth-order valence-corrected chi connectivity index (χ4v) is 3.73. The van der Waals surface area contributed by atoms with Crippen LogP contribution >= 0.6 is 0 Å². The molecule has 0 aromatic rings. The fraction of sp³-hybridized carbons (Fsp3) is 0.864. The average molecular weight is 479 g/mol. The van der Waals surface area contributed by atoms with Crippen molar-refractivity contribution in [3.8, 4) is 0 Å². The Bertz CT molecular complexity index is 623. The minimum atomic E-state index is -1.86. The number of aliphatic hydroxyl groups excluding tert-OH is 6. The molecule has 0 aromatic carbocycles. The molecule has 2 rings (SSSR count). The van der Waals surface area contributed by atoms with Crippen LogP contribution in [0.25, 0.3) is 0 Å². The van der Waals surface area contributed by atoms with Gasteiger partial charge in [0.05, 0.1) is 13.2 Å². The predicted octanol–water partition coefficient (Wildman–Crippen LogP) is -0.550. The van der Waals surface area contributed by atoms with Gasteiger partial charge in [0.15, 0.2) is 17.6 Å². The van der Waals surface area contributed by atoms with Crippen LogP contribution in [0.3, 0.4) is 0 Å². The smallest absolute Gasteiger partial charge is 0.263 e. The lowest BCUT2D eigenvalue weighted by molar-refractivity contribution is -0.296. The molecule has 0 radical (unpaired) electrons. The zero-order valence-electron chi connectivity index (χ0n) is 19.0. The molecular formula is C22H38O11. The molecule has 2 heterocycles. The second-order valence-electron chi connectivity index (χ2n) is 8.36. The molecule has 1 unspecified atom stereocenters. The van der Waals surface area contributed by atoms with Crippen LogP contribution in [0.5, 0.6) is 0 Å². The van der Waals surface area contributed by atoms with E-state index in [4.69, 9.17) is 18.9 Å². The highest BCUT2D eigenvalue weighted by Gasteiger charge is 2.47. The Morgan fingerprint density at radius 3 is 2.12 bits per heavy atom. The molecule has 11 heteroatoms. The van der Waals surface area contributed by atoms with Gasteiger partial charge in [0, 0.05) is 0 Å². The first-order valence-corrected chi connectivity index (χ1v) is 11.7. The molecular weight excluding hydrogens is 440 g/mol. The third-order valence-electron chi connectivity index (χ3n) is 5.78. The topological polar surface area (TPSA) is 175 Å². The summed E-state index contributed by atoms with van der Waals surface area (Å²) < 4.78 is 21.4. The van der Waals surface area contributed by atoms with E-state index < -0.39 is 67.9 Å². The second-order valence-corrected chi connectivity index (χ2v) is 8.36. The number of ether oxygens (including phenoxy) is 4. The van der Waals surface area contributed by atoms with E-state index in [1.807, 2.05) is 0 Å². The van der Waals surface area contributed by atoms with Gasteiger partial charge in [0.1, 0.15) is 31.0 Å². The Balaban J connectivity index is 1.89. The highest BCUT2D eigenvalue weighted by Crippen LogP contribution is 2.29. The number of carbonyl (C=O) groups excluding carboxylic acids is 1. The second kappa shape index (κ2) is 14.2. The number of Topliss-reactive ketones (excluding diaryl/α,β-unsaturated/α-hetero) is 1. The predicted molar refractivity (Wildman–Crippen MR) is 113 cm³/mol. The van der Waals surface area contributed by atoms with Gasteiger partial charge < -0.3 is 49.6 Å². The Hall–Kier alpha value is -1.31. The van der Waals surface area contributed by atoms with Gasteiger partial charge in [-0.3, -0.25) is 4.79 Å². The van der Waals surface area contributed by atoms with Crippen LogP contribution in [-0.2, 0) is 23.7 Å². The summed E-state index contributed by atoms with van der Waals surface area (Å²) in [6.45, 7) is 0.989. The number of ketones is 1.